The highest BCUT2D eigenvalue weighted by Crippen LogP contribution is 2.25. The monoisotopic (exact) mass is 238 g/mol. The van der Waals surface area contributed by atoms with Crippen LogP contribution in [0.25, 0.3) is 0 Å². The lowest BCUT2D eigenvalue weighted by Crippen LogP contribution is -2.48. The summed E-state index contributed by atoms with van der Waals surface area (Å²) in [5.74, 6) is 0. The van der Waals surface area contributed by atoms with Gasteiger partial charge in [-0.1, -0.05) is 27.7 Å². The maximum Gasteiger partial charge on any atom is 0.356 e. The van der Waals surface area contributed by atoms with Crippen LogP contribution in [0.2, 0.25) is 5.54 Å². The molecule has 0 aromatic heterocycles. The molecule has 0 bridgehead atoms. The topological polar surface area (TPSA) is 18.5 Å². The summed E-state index contributed by atoms with van der Waals surface area (Å²) >= 11 is 6.00. The van der Waals surface area contributed by atoms with Crippen LogP contribution in [-0.4, -0.2) is 27.3 Å². The van der Waals surface area contributed by atoms with Crippen LogP contribution in [-0.2, 0) is 8.85 Å². The van der Waals surface area contributed by atoms with Gasteiger partial charge in [-0.05, 0) is 18.4 Å². The minimum absolute atomic E-state index is 0.415. The molecule has 0 N–H and O–H groups in total. The predicted molar refractivity (Wildman–Crippen MR) is 64.1 cm³/mol. The molecule has 0 unspecified atom stereocenters. The molecule has 0 aromatic carbocycles. The fourth-order valence-electron chi connectivity index (χ4n) is 1.16. The molecule has 0 aliphatic rings. The lowest BCUT2D eigenvalue weighted by Gasteiger charge is -2.32. The second-order valence-electron chi connectivity index (χ2n) is 3.80. The fourth-order valence-corrected chi connectivity index (χ4v) is 4.86. The zero-order chi connectivity index (χ0) is 11.0. The van der Waals surface area contributed by atoms with E-state index in [1.54, 1.807) is 0 Å². The molecule has 0 aliphatic heterocycles. The Morgan fingerprint density at radius 2 is 1.50 bits per heavy atom. The molecule has 4 heteroatoms. The Morgan fingerprint density at radius 1 is 1.07 bits per heavy atom. The van der Waals surface area contributed by atoms with Crippen LogP contribution in [0.4, 0.5) is 0 Å². The SMILES string of the molecule is CCCO[Si](CCl)(OCCC)C(C)C. The third-order valence-corrected chi connectivity index (χ3v) is 6.80. The summed E-state index contributed by atoms with van der Waals surface area (Å²) in [4.78, 5) is 0. The second kappa shape index (κ2) is 7.68. The van der Waals surface area contributed by atoms with E-state index in [1.165, 1.54) is 0 Å². The first-order valence-corrected chi connectivity index (χ1v) is 8.10. The molecule has 0 spiro atoms. The van der Waals surface area contributed by atoms with Crippen molar-refractivity contribution in [3.8, 4) is 0 Å². The van der Waals surface area contributed by atoms with Gasteiger partial charge in [0.2, 0.25) is 0 Å². The van der Waals surface area contributed by atoms with Gasteiger partial charge in [0.25, 0.3) is 0 Å². The van der Waals surface area contributed by atoms with Crippen molar-refractivity contribution in [1.82, 2.24) is 0 Å². The molecule has 14 heavy (non-hydrogen) atoms. The number of halogens is 1. The van der Waals surface area contributed by atoms with E-state index in [0.29, 0.717) is 11.0 Å². The highest BCUT2D eigenvalue weighted by molar-refractivity contribution is 6.75. The maximum atomic E-state index is 6.00. The zero-order valence-electron chi connectivity index (χ0n) is 9.81. The van der Waals surface area contributed by atoms with Gasteiger partial charge in [0.15, 0.2) is 0 Å². The van der Waals surface area contributed by atoms with Gasteiger partial charge in [0, 0.05) is 13.2 Å². The molecule has 0 aliphatic carbocycles. The van der Waals surface area contributed by atoms with E-state index in [1.807, 2.05) is 0 Å². The summed E-state index contributed by atoms with van der Waals surface area (Å²) in [6.45, 7) is 10.0. The number of hydrogen-bond acceptors (Lipinski definition) is 2. The summed E-state index contributed by atoms with van der Waals surface area (Å²) in [5.41, 5.74) is 0.947. The Labute approximate surface area is 94.2 Å². The van der Waals surface area contributed by atoms with Crippen LogP contribution in [0.3, 0.4) is 0 Å². The van der Waals surface area contributed by atoms with Crippen LogP contribution in [0.5, 0.6) is 0 Å². The Balaban J connectivity index is 4.27. The average Bonchev–Trinajstić information content (AvgIpc) is 2.18. The van der Waals surface area contributed by atoms with Crippen molar-refractivity contribution >= 4 is 20.2 Å². The Bertz CT molecular complexity index is 134. The molecule has 0 aromatic rings. The molecule has 0 radical (unpaired) electrons. The molecule has 0 fully saturated rings. The van der Waals surface area contributed by atoms with Gasteiger partial charge in [-0.3, -0.25) is 0 Å². The Morgan fingerprint density at radius 3 is 1.71 bits per heavy atom. The van der Waals surface area contributed by atoms with Crippen LogP contribution < -0.4 is 0 Å². The first-order valence-electron chi connectivity index (χ1n) is 5.46. The minimum Gasteiger partial charge on any atom is -0.393 e. The predicted octanol–water partition coefficient (Wildman–Crippen LogP) is 3.47. The molecule has 0 saturated heterocycles. The van der Waals surface area contributed by atoms with Gasteiger partial charge in [0.1, 0.15) is 0 Å². The Kier molecular flexibility index (Phi) is 7.92. The summed E-state index contributed by atoms with van der Waals surface area (Å²) in [6.07, 6.45) is 2.04. The normalized spacial score (nSPS) is 12.4. The van der Waals surface area contributed by atoms with E-state index in [2.05, 4.69) is 27.7 Å². The van der Waals surface area contributed by atoms with Crippen molar-refractivity contribution in [2.75, 3.05) is 18.7 Å². The standard InChI is InChI=1S/C10H23ClO2Si/c1-5-7-12-14(9-11,10(3)4)13-8-6-2/h10H,5-9H2,1-4H3. The largest absolute Gasteiger partial charge is 0.393 e. The summed E-state index contributed by atoms with van der Waals surface area (Å²) in [5, 5.41) is 0. The Hall–Kier alpha value is 0.427. The fraction of sp³-hybridized carbons (Fsp3) is 1.00. The summed E-state index contributed by atoms with van der Waals surface area (Å²) in [7, 11) is -2.12. The number of hydrogen-bond donors (Lipinski definition) is 0. The highest BCUT2D eigenvalue weighted by atomic mass is 35.5. The number of alkyl halides is 1. The first kappa shape index (κ1) is 14.4. The van der Waals surface area contributed by atoms with Crippen LogP contribution in [0.15, 0.2) is 0 Å². The van der Waals surface area contributed by atoms with Crippen molar-refractivity contribution in [2.45, 2.75) is 46.1 Å². The molecule has 2 nitrogen and oxygen atoms in total. The summed E-state index contributed by atoms with van der Waals surface area (Å²) < 4.78 is 11.8. The van der Waals surface area contributed by atoms with Gasteiger partial charge in [-0.25, -0.2) is 0 Å². The van der Waals surface area contributed by atoms with E-state index in [9.17, 15) is 0 Å². The van der Waals surface area contributed by atoms with Crippen molar-refractivity contribution < 1.29 is 8.85 Å². The van der Waals surface area contributed by atoms with Gasteiger partial charge >= 0.3 is 8.56 Å². The van der Waals surface area contributed by atoms with Crippen molar-refractivity contribution in [3.05, 3.63) is 0 Å². The molecule has 86 valence electrons. The van der Waals surface area contributed by atoms with Crippen molar-refractivity contribution in [2.24, 2.45) is 0 Å². The molecule has 0 saturated carbocycles. The van der Waals surface area contributed by atoms with E-state index >= 15 is 0 Å². The third-order valence-electron chi connectivity index (χ3n) is 2.17. The molecule has 0 amide bonds. The second-order valence-corrected chi connectivity index (χ2v) is 8.22. The lowest BCUT2D eigenvalue weighted by atomic mass is 10.5. The van der Waals surface area contributed by atoms with Crippen LogP contribution in [0, 0.1) is 0 Å². The third kappa shape index (κ3) is 4.30. The quantitative estimate of drug-likeness (QED) is 0.476. The van der Waals surface area contributed by atoms with Crippen molar-refractivity contribution in [1.29, 1.82) is 0 Å². The first-order chi connectivity index (χ1) is 6.63. The maximum absolute atomic E-state index is 6.00. The highest BCUT2D eigenvalue weighted by Gasteiger charge is 2.40. The zero-order valence-corrected chi connectivity index (χ0v) is 11.6. The molecular formula is C10H23ClO2Si. The van der Waals surface area contributed by atoms with E-state index in [4.69, 9.17) is 20.5 Å². The summed E-state index contributed by atoms with van der Waals surface area (Å²) in [6, 6.07) is 0. The lowest BCUT2D eigenvalue weighted by molar-refractivity contribution is 0.165. The number of rotatable bonds is 8. The average molecular weight is 239 g/mol. The van der Waals surface area contributed by atoms with E-state index in [0.717, 1.165) is 26.1 Å². The van der Waals surface area contributed by atoms with Gasteiger partial charge in [-0.15, -0.1) is 11.6 Å². The van der Waals surface area contributed by atoms with Gasteiger partial charge in [0.05, 0.1) is 5.50 Å². The van der Waals surface area contributed by atoms with Gasteiger partial charge < -0.3 is 8.85 Å². The van der Waals surface area contributed by atoms with E-state index in [-0.39, 0.29) is 0 Å². The molecule has 0 heterocycles. The smallest absolute Gasteiger partial charge is 0.356 e. The molecule has 0 rings (SSSR count). The van der Waals surface area contributed by atoms with Crippen LogP contribution >= 0.6 is 11.6 Å². The van der Waals surface area contributed by atoms with Crippen LogP contribution in [0.1, 0.15) is 40.5 Å². The minimum atomic E-state index is -2.12. The van der Waals surface area contributed by atoms with E-state index < -0.39 is 8.56 Å². The van der Waals surface area contributed by atoms with Gasteiger partial charge in [-0.2, -0.15) is 0 Å². The van der Waals surface area contributed by atoms with Crippen molar-refractivity contribution in [3.63, 3.8) is 0 Å². The molecular weight excluding hydrogens is 216 g/mol. The molecule has 0 atom stereocenters.